The molecular weight excluding hydrogens is 308 g/mol. The first-order valence-corrected chi connectivity index (χ1v) is 10.6. The molecule has 2 aliphatic rings. The van der Waals surface area contributed by atoms with Crippen LogP contribution in [0.2, 0.25) is 0 Å². The predicted molar refractivity (Wildman–Crippen MR) is 108 cm³/mol. The van der Waals surface area contributed by atoms with Crippen molar-refractivity contribution < 1.29 is 0 Å². The topological polar surface area (TPSA) is 0 Å². The summed E-state index contributed by atoms with van der Waals surface area (Å²) in [6.45, 7) is 2.14. The number of rotatable bonds is 5. The van der Waals surface area contributed by atoms with Crippen LogP contribution >= 0.6 is 12.6 Å². The average molecular weight is 343 g/mol. The molecule has 0 saturated heterocycles. The second kappa shape index (κ2) is 9.13. The SMILES string of the molecule is C/C=C/CCC1CCC(C2CCC(c3ccc(S)cc3)CC2)CC1. The third-order valence-corrected chi connectivity index (χ3v) is 6.97. The van der Waals surface area contributed by atoms with Crippen LogP contribution in [0.15, 0.2) is 41.3 Å². The minimum absolute atomic E-state index is 0.798. The lowest BCUT2D eigenvalue weighted by Gasteiger charge is -2.38. The third-order valence-electron chi connectivity index (χ3n) is 6.67. The highest BCUT2D eigenvalue weighted by Gasteiger charge is 2.31. The minimum atomic E-state index is 0.798. The maximum Gasteiger partial charge on any atom is 0.00401 e. The van der Waals surface area contributed by atoms with Crippen molar-refractivity contribution in [2.75, 3.05) is 0 Å². The molecule has 132 valence electrons. The minimum Gasteiger partial charge on any atom is -0.143 e. The number of thiol groups is 1. The van der Waals surface area contributed by atoms with Crippen molar-refractivity contribution in [3.8, 4) is 0 Å². The Hall–Kier alpha value is -0.690. The Balaban J connectivity index is 1.42. The summed E-state index contributed by atoms with van der Waals surface area (Å²) in [6, 6.07) is 8.89. The fourth-order valence-electron chi connectivity index (χ4n) is 5.12. The molecule has 1 aromatic carbocycles. The summed E-state index contributed by atoms with van der Waals surface area (Å²) < 4.78 is 0. The lowest BCUT2D eigenvalue weighted by molar-refractivity contribution is 0.157. The molecule has 24 heavy (non-hydrogen) atoms. The van der Waals surface area contributed by atoms with Crippen LogP contribution in [-0.4, -0.2) is 0 Å². The van der Waals surface area contributed by atoms with Crippen LogP contribution < -0.4 is 0 Å². The van der Waals surface area contributed by atoms with Gasteiger partial charge in [0.25, 0.3) is 0 Å². The summed E-state index contributed by atoms with van der Waals surface area (Å²) in [5.41, 5.74) is 1.54. The summed E-state index contributed by atoms with van der Waals surface area (Å²) in [7, 11) is 0. The van der Waals surface area contributed by atoms with Gasteiger partial charge in [0.2, 0.25) is 0 Å². The van der Waals surface area contributed by atoms with E-state index >= 15 is 0 Å². The first-order valence-electron chi connectivity index (χ1n) is 10.2. The van der Waals surface area contributed by atoms with Crippen LogP contribution in [0.4, 0.5) is 0 Å². The first-order chi connectivity index (χ1) is 11.8. The van der Waals surface area contributed by atoms with E-state index < -0.39 is 0 Å². The van der Waals surface area contributed by atoms with Gasteiger partial charge in [0, 0.05) is 4.90 Å². The maximum absolute atomic E-state index is 4.41. The summed E-state index contributed by atoms with van der Waals surface area (Å²) in [6.07, 6.45) is 19.0. The summed E-state index contributed by atoms with van der Waals surface area (Å²) in [5.74, 6) is 3.85. The van der Waals surface area contributed by atoms with E-state index in [9.17, 15) is 0 Å². The molecule has 0 unspecified atom stereocenters. The van der Waals surface area contributed by atoms with Crippen molar-refractivity contribution in [3.05, 3.63) is 42.0 Å². The van der Waals surface area contributed by atoms with Crippen molar-refractivity contribution in [2.24, 2.45) is 17.8 Å². The summed E-state index contributed by atoms with van der Waals surface area (Å²) in [4.78, 5) is 1.08. The molecule has 0 amide bonds. The van der Waals surface area contributed by atoms with Crippen LogP contribution in [0.5, 0.6) is 0 Å². The fraction of sp³-hybridized carbons (Fsp3) is 0.652. The van der Waals surface area contributed by atoms with Crippen molar-refractivity contribution in [1.82, 2.24) is 0 Å². The zero-order valence-corrected chi connectivity index (χ0v) is 16.2. The van der Waals surface area contributed by atoms with Crippen molar-refractivity contribution in [1.29, 1.82) is 0 Å². The smallest absolute Gasteiger partial charge is 0.00401 e. The normalized spacial score (nSPS) is 31.4. The van der Waals surface area contributed by atoms with Gasteiger partial charge in [-0.25, -0.2) is 0 Å². The summed E-state index contributed by atoms with van der Waals surface area (Å²) >= 11 is 4.41. The van der Waals surface area contributed by atoms with Gasteiger partial charge < -0.3 is 0 Å². The molecule has 0 heterocycles. The van der Waals surface area contributed by atoms with E-state index in [4.69, 9.17) is 0 Å². The second-order valence-corrected chi connectivity index (χ2v) is 8.65. The zero-order valence-electron chi connectivity index (χ0n) is 15.3. The Morgan fingerprint density at radius 1 is 0.875 bits per heavy atom. The van der Waals surface area contributed by atoms with Crippen LogP contribution in [0.1, 0.15) is 82.6 Å². The Labute approximate surface area is 154 Å². The van der Waals surface area contributed by atoms with Gasteiger partial charge in [-0.15, -0.1) is 12.6 Å². The molecule has 0 nitrogen and oxygen atoms in total. The van der Waals surface area contributed by atoms with Crippen LogP contribution in [0, 0.1) is 17.8 Å². The van der Waals surface area contributed by atoms with E-state index in [1.54, 1.807) is 5.56 Å². The van der Waals surface area contributed by atoms with Gasteiger partial charge >= 0.3 is 0 Å². The highest BCUT2D eigenvalue weighted by molar-refractivity contribution is 7.80. The largest absolute Gasteiger partial charge is 0.143 e. The fourth-order valence-corrected chi connectivity index (χ4v) is 5.27. The van der Waals surface area contributed by atoms with Gasteiger partial charge in [-0.2, -0.15) is 0 Å². The van der Waals surface area contributed by atoms with Gasteiger partial charge in [0.1, 0.15) is 0 Å². The molecule has 1 aromatic rings. The van der Waals surface area contributed by atoms with Crippen molar-refractivity contribution in [3.63, 3.8) is 0 Å². The van der Waals surface area contributed by atoms with E-state index in [0.717, 1.165) is 28.6 Å². The van der Waals surface area contributed by atoms with E-state index in [-0.39, 0.29) is 0 Å². The van der Waals surface area contributed by atoms with Crippen LogP contribution in [0.3, 0.4) is 0 Å². The number of benzene rings is 1. The molecule has 0 aliphatic heterocycles. The molecule has 3 rings (SSSR count). The molecule has 0 bridgehead atoms. The standard InChI is InChI=1S/C23H34S/c1-2-3-4-5-18-6-8-19(9-7-18)20-10-12-21(13-11-20)22-14-16-23(24)17-15-22/h2-3,14-21,24H,4-13H2,1H3/b3-2+. The van der Waals surface area contributed by atoms with Gasteiger partial charge in [0.05, 0.1) is 0 Å². The van der Waals surface area contributed by atoms with Gasteiger partial charge in [0.15, 0.2) is 0 Å². The monoisotopic (exact) mass is 342 g/mol. The quantitative estimate of drug-likeness (QED) is 0.418. The van der Waals surface area contributed by atoms with E-state index in [0.29, 0.717) is 0 Å². The third kappa shape index (κ3) is 4.91. The molecular formula is C23H34S. The number of hydrogen-bond donors (Lipinski definition) is 1. The van der Waals surface area contributed by atoms with E-state index in [1.165, 1.54) is 64.2 Å². The average Bonchev–Trinajstić information content (AvgIpc) is 2.63. The molecule has 2 saturated carbocycles. The van der Waals surface area contributed by atoms with Crippen LogP contribution in [0.25, 0.3) is 0 Å². The first kappa shape index (κ1) is 18.1. The van der Waals surface area contributed by atoms with Crippen molar-refractivity contribution in [2.45, 2.75) is 81.9 Å². The highest BCUT2D eigenvalue weighted by Crippen LogP contribution is 2.44. The molecule has 1 heteroatoms. The maximum atomic E-state index is 4.41. The molecule has 0 N–H and O–H groups in total. The molecule has 0 radical (unpaired) electrons. The second-order valence-electron chi connectivity index (χ2n) is 8.13. The highest BCUT2D eigenvalue weighted by atomic mass is 32.1. The molecule has 0 aromatic heterocycles. The Morgan fingerprint density at radius 2 is 1.46 bits per heavy atom. The van der Waals surface area contributed by atoms with E-state index in [1.807, 2.05) is 0 Å². The number of hydrogen-bond acceptors (Lipinski definition) is 1. The predicted octanol–water partition coefficient (Wildman–Crippen LogP) is 7.41. The van der Waals surface area contributed by atoms with Gasteiger partial charge in [-0.1, -0.05) is 37.1 Å². The number of allylic oxidation sites excluding steroid dienone is 2. The summed E-state index contributed by atoms with van der Waals surface area (Å²) in [5, 5.41) is 0. The Kier molecular flexibility index (Phi) is 6.89. The lowest BCUT2D eigenvalue weighted by atomic mass is 9.68. The van der Waals surface area contributed by atoms with Crippen molar-refractivity contribution >= 4 is 12.6 Å². The van der Waals surface area contributed by atoms with Gasteiger partial charge in [-0.05, 0) is 99.7 Å². The lowest BCUT2D eigenvalue weighted by Crippen LogP contribution is -2.25. The Bertz CT molecular complexity index is 499. The zero-order chi connectivity index (χ0) is 16.8. The van der Waals surface area contributed by atoms with Crippen LogP contribution in [-0.2, 0) is 0 Å². The van der Waals surface area contributed by atoms with E-state index in [2.05, 4.69) is 56.0 Å². The molecule has 2 fully saturated rings. The van der Waals surface area contributed by atoms with Gasteiger partial charge in [-0.3, -0.25) is 0 Å². The molecule has 2 aliphatic carbocycles. The molecule has 0 spiro atoms. The molecule has 0 atom stereocenters. The Morgan fingerprint density at radius 3 is 2.04 bits per heavy atom.